The van der Waals surface area contributed by atoms with Crippen molar-refractivity contribution < 1.29 is 9.53 Å². The third-order valence-electron chi connectivity index (χ3n) is 5.68. The first-order valence-electron chi connectivity index (χ1n) is 12.8. The average molecular weight is 520 g/mol. The number of hydrogen-bond acceptors (Lipinski definition) is 3. The molecule has 5 heteroatoms. The summed E-state index contributed by atoms with van der Waals surface area (Å²) < 4.78 is 6.40. The van der Waals surface area contributed by atoms with E-state index in [9.17, 15) is 4.79 Å². The maximum Gasteiger partial charge on any atom is 0.240 e. The van der Waals surface area contributed by atoms with Crippen LogP contribution in [0.2, 0.25) is 0 Å². The van der Waals surface area contributed by atoms with Crippen molar-refractivity contribution in [3.8, 4) is 18.1 Å². The van der Waals surface area contributed by atoms with Crippen LogP contribution in [0.15, 0.2) is 27.8 Å². The van der Waals surface area contributed by atoms with Crippen LogP contribution in [0.1, 0.15) is 115 Å². The van der Waals surface area contributed by atoms with Gasteiger partial charge in [-0.3, -0.25) is 4.79 Å². The lowest BCUT2D eigenvalue weighted by atomic mass is 10.0. The standard InChI is InChI=1S/C28H43BrN2O2/c1-3-5-6-7-8-9-10-11-12-13-14-15-16-17-18-19-28(32)31-30-24-25-23-26(29)20-21-27(25)33-22-4-2/h2,20-21,23-24H,3,5-19,22H2,1H3,(H,31,32)/b30-24-. The van der Waals surface area contributed by atoms with Crippen LogP contribution >= 0.6 is 15.9 Å². The summed E-state index contributed by atoms with van der Waals surface area (Å²) >= 11 is 3.43. The first-order valence-corrected chi connectivity index (χ1v) is 13.6. The molecule has 0 saturated carbocycles. The highest BCUT2D eigenvalue weighted by Gasteiger charge is 2.03. The summed E-state index contributed by atoms with van der Waals surface area (Å²) in [5, 5.41) is 4.06. The second-order valence-electron chi connectivity index (χ2n) is 8.67. The van der Waals surface area contributed by atoms with Crippen LogP contribution < -0.4 is 10.2 Å². The Morgan fingerprint density at radius 1 is 0.970 bits per heavy atom. The van der Waals surface area contributed by atoms with Crippen molar-refractivity contribution in [3.63, 3.8) is 0 Å². The van der Waals surface area contributed by atoms with Gasteiger partial charge < -0.3 is 4.74 Å². The Hall–Kier alpha value is -1.80. The molecule has 0 radical (unpaired) electrons. The van der Waals surface area contributed by atoms with Gasteiger partial charge in [0.25, 0.3) is 0 Å². The Labute approximate surface area is 210 Å². The third kappa shape index (κ3) is 16.5. The number of unbranched alkanes of at least 4 members (excludes halogenated alkanes) is 14. The van der Waals surface area contributed by atoms with Gasteiger partial charge in [-0.2, -0.15) is 5.10 Å². The number of hydrogen-bond donors (Lipinski definition) is 1. The Kier molecular flexibility index (Phi) is 18.4. The molecule has 1 aromatic rings. The molecule has 0 atom stereocenters. The van der Waals surface area contributed by atoms with Crippen molar-refractivity contribution in [1.29, 1.82) is 0 Å². The molecule has 0 aliphatic rings. The fourth-order valence-electron chi connectivity index (χ4n) is 3.76. The molecule has 0 fully saturated rings. The highest BCUT2D eigenvalue weighted by Crippen LogP contribution is 2.21. The molecular formula is C28H43BrN2O2. The predicted octanol–water partition coefficient (Wildman–Crippen LogP) is 8.17. The van der Waals surface area contributed by atoms with Crippen LogP contribution in [0, 0.1) is 12.3 Å². The van der Waals surface area contributed by atoms with Gasteiger partial charge in [0.2, 0.25) is 5.91 Å². The summed E-state index contributed by atoms with van der Waals surface area (Å²) in [5.74, 6) is 3.03. The van der Waals surface area contributed by atoms with Gasteiger partial charge in [0, 0.05) is 16.5 Å². The van der Waals surface area contributed by atoms with E-state index in [1.165, 1.54) is 83.5 Å². The Bertz CT molecular complexity index is 712. The fourth-order valence-corrected chi connectivity index (χ4v) is 4.14. The summed E-state index contributed by atoms with van der Waals surface area (Å²) in [4.78, 5) is 12.0. The topological polar surface area (TPSA) is 50.7 Å². The zero-order valence-electron chi connectivity index (χ0n) is 20.5. The monoisotopic (exact) mass is 518 g/mol. The van der Waals surface area contributed by atoms with Gasteiger partial charge in [-0.15, -0.1) is 6.42 Å². The quantitative estimate of drug-likeness (QED) is 0.0818. The normalized spacial score (nSPS) is 10.9. The van der Waals surface area contributed by atoms with Gasteiger partial charge in [-0.25, -0.2) is 5.43 Å². The van der Waals surface area contributed by atoms with Crippen molar-refractivity contribution in [2.24, 2.45) is 5.10 Å². The maximum absolute atomic E-state index is 12.0. The summed E-state index contributed by atoms with van der Waals surface area (Å²) in [6.07, 6.45) is 27.1. The minimum atomic E-state index is -0.0537. The highest BCUT2D eigenvalue weighted by molar-refractivity contribution is 9.10. The molecule has 33 heavy (non-hydrogen) atoms. The smallest absolute Gasteiger partial charge is 0.240 e. The highest BCUT2D eigenvalue weighted by atomic mass is 79.9. The number of rotatable bonds is 20. The van der Waals surface area contributed by atoms with E-state index in [0.29, 0.717) is 12.2 Å². The number of amides is 1. The molecule has 4 nitrogen and oxygen atoms in total. The Morgan fingerprint density at radius 3 is 2.06 bits per heavy atom. The Balaban J connectivity index is 2.00. The molecular weight excluding hydrogens is 476 g/mol. The first kappa shape index (κ1) is 29.2. The van der Waals surface area contributed by atoms with Crippen LogP contribution in [-0.4, -0.2) is 18.7 Å². The molecule has 0 unspecified atom stereocenters. The molecule has 0 bridgehead atoms. The number of hydrazone groups is 1. The van der Waals surface area contributed by atoms with Gasteiger partial charge in [0.15, 0.2) is 0 Å². The summed E-state index contributed by atoms with van der Waals surface area (Å²) in [6, 6.07) is 5.56. The van der Waals surface area contributed by atoms with Crippen molar-refractivity contribution in [2.45, 2.75) is 110 Å². The molecule has 1 amide bonds. The van der Waals surface area contributed by atoms with E-state index in [4.69, 9.17) is 11.2 Å². The summed E-state index contributed by atoms with van der Waals surface area (Å²) in [6.45, 7) is 2.46. The van der Waals surface area contributed by atoms with Crippen LogP contribution in [0.4, 0.5) is 0 Å². The fraction of sp³-hybridized carbons (Fsp3) is 0.643. The predicted molar refractivity (Wildman–Crippen MR) is 144 cm³/mol. The molecule has 1 rings (SSSR count). The summed E-state index contributed by atoms with van der Waals surface area (Å²) in [7, 11) is 0. The number of terminal acetylenes is 1. The van der Waals surface area contributed by atoms with Crippen molar-refractivity contribution in [2.75, 3.05) is 6.61 Å². The van der Waals surface area contributed by atoms with Crippen molar-refractivity contribution in [3.05, 3.63) is 28.2 Å². The third-order valence-corrected chi connectivity index (χ3v) is 6.18. The van der Waals surface area contributed by atoms with E-state index < -0.39 is 0 Å². The van der Waals surface area contributed by atoms with Crippen molar-refractivity contribution in [1.82, 2.24) is 5.43 Å². The molecule has 0 heterocycles. The van der Waals surface area contributed by atoms with Gasteiger partial charge >= 0.3 is 0 Å². The minimum absolute atomic E-state index is 0.0537. The van der Waals surface area contributed by atoms with Crippen molar-refractivity contribution >= 4 is 28.1 Å². The molecule has 184 valence electrons. The number of nitrogens with zero attached hydrogens (tertiary/aromatic N) is 1. The van der Waals surface area contributed by atoms with Gasteiger partial charge in [0.05, 0.1) is 6.21 Å². The lowest BCUT2D eigenvalue weighted by molar-refractivity contribution is -0.121. The number of ether oxygens (including phenoxy) is 1. The second-order valence-corrected chi connectivity index (χ2v) is 9.58. The first-order chi connectivity index (χ1) is 16.2. The van der Waals surface area contributed by atoms with E-state index in [-0.39, 0.29) is 12.5 Å². The van der Waals surface area contributed by atoms with Crippen LogP contribution in [0.25, 0.3) is 0 Å². The molecule has 0 spiro atoms. The van der Waals surface area contributed by atoms with Crippen LogP contribution in [0.5, 0.6) is 5.75 Å². The second kappa shape index (κ2) is 20.8. The maximum atomic E-state index is 12.0. The number of halogens is 1. The molecule has 0 saturated heterocycles. The summed E-state index contributed by atoms with van der Waals surface area (Å²) in [5.41, 5.74) is 3.36. The van der Waals surface area contributed by atoms with E-state index in [0.717, 1.165) is 22.9 Å². The number of nitrogens with one attached hydrogen (secondary N) is 1. The molecule has 1 N–H and O–H groups in total. The lowest BCUT2D eigenvalue weighted by Gasteiger charge is -2.06. The van der Waals surface area contributed by atoms with Gasteiger partial charge in [-0.1, -0.05) is 119 Å². The zero-order valence-corrected chi connectivity index (χ0v) is 22.1. The van der Waals surface area contributed by atoms with Gasteiger partial charge in [-0.05, 0) is 24.6 Å². The van der Waals surface area contributed by atoms with E-state index in [1.54, 1.807) is 6.21 Å². The molecule has 0 aromatic heterocycles. The molecule has 0 aliphatic carbocycles. The Morgan fingerprint density at radius 2 is 1.52 bits per heavy atom. The molecule has 0 aliphatic heterocycles. The van der Waals surface area contributed by atoms with Crippen LogP contribution in [-0.2, 0) is 4.79 Å². The molecule has 1 aromatic carbocycles. The van der Waals surface area contributed by atoms with Gasteiger partial charge in [0.1, 0.15) is 12.4 Å². The minimum Gasteiger partial charge on any atom is -0.480 e. The number of benzene rings is 1. The van der Waals surface area contributed by atoms with E-state index >= 15 is 0 Å². The van der Waals surface area contributed by atoms with E-state index in [2.05, 4.69) is 39.3 Å². The largest absolute Gasteiger partial charge is 0.480 e. The number of carbonyl (C=O) groups is 1. The zero-order chi connectivity index (χ0) is 24.0. The lowest BCUT2D eigenvalue weighted by Crippen LogP contribution is -2.17. The van der Waals surface area contributed by atoms with Crippen LogP contribution in [0.3, 0.4) is 0 Å². The number of carbonyl (C=O) groups excluding carboxylic acids is 1. The van der Waals surface area contributed by atoms with E-state index in [1.807, 2.05) is 18.2 Å². The average Bonchev–Trinajstić information content (AvgIpc) is 2.81. The SMILES string of the molecule is C#CCOc1ccc(Br)cc1/C=N\NC(=O)CCCCCCCCCCCCCCCCC.